The van der Waals surface area contributed by atoms with E-state index >= 15 is 0 Å². The van der Waals surface area contributed by atoms with Gasteiger partial charge in [-0.15, -0.1) is 11.8 Å². The zero-order chi connectivity index (χ0) is 25.6. The van der Waals surface area contributed by atoms with Crippen molar-refractivity contribution < 1.29 is 29.1 Å². The van der Waals surface area contributed by atoms with Crippen LogP contribution in [-0.2, 0) is 24.0 Å². The quantitative estimate of drug-likeness (QED) is 0.117. The average Bonchev–Trinajstić information content (AvgIpc) is 2.99. The number of rotatable bonds is 14. The lowest BCUT2D eigenvalue weighted by Crippen LogP contribution is -2.48. The number of carbonyl (C=O) groups excluding carboxylic acids is 5. The minimum Gasteiger partial charge on any atom is -0.396 e. The molecular formula is C21H39N5O6S. The molecule has 1 heterocycles. The molecule has 0 aromatic carbocycles. The van der Waals surface area contributed by atoms with Gasteiger partial charge in [0.05, 0.1) is 11.3 Å². The molecular weight excluding hydrogens is 450 g/mol. The summed E-state index contributed by atoms with van der Waals surface area (Å²) >= 11 is 1.26. The number of nitrogens with zero attached hydrogens (tertiary/aromatic N) is 1. The fourth-order valence-electron chi connectivity index (χ4n) is 3.05. The van der Waals surface area contributed by atoms with E-state index < -0.39 is 22.7 Å². The molecule has 5 amide bonds. The van der Waals surface area contributed by atoms with Crippen LogP contribution in [-0.4, -0.2) is 89.4 Å². The van der Waals surface area contributed by atoms with Crippen LogP contribution in [0.5, 0.6) is 0 Å². The number of likely N-dealkylation sites (tertiary alicyclic amines) is 1. The number of carbonyl (C=O) groups is 5. The second kappa shape index (κ2) is 15.6. The first-order valence-electron chi connectivity index (χ1n) is 10.9. The monoisotopic (exact) mass is 489 g/mol. The third-order valence-corrected chi connectivity index (χ3v) is 6.16. The van der Waals surface area contributed by atoms with Crippen molar-refractivity contribution in [2.24, 2.45) is 11.7 Å². The van der Waals surface area contributed by atoms with Crippen LogP contribution in [0.1, 0.15) is 47.0 Å². The number of primary amides is 1. The Morgan fingerprint density at radius 3 is 2.42 bits per heavy atom. The molecule has 0 radical (unpaired) electrons. The standard InChI is InChI=1S/C13H23N3O4S.C8H16N2O2/c1-13(2,4-5-17)16-10(18)6-9(12(16)20)21-7-8(15-3)11(14)19;1-7(2)5-8(12)10-4-3-9-6-11/h8-9,15,17H,4-7H2,1-3H3,(H2,14,19);6-7H,3-5H2,1-2H3,(H,9,11)(H,10,12). The lowest BCUT2D eigenvalue weighted by molar-refractivity contribution is -0.144. The fourth-order valence-corrected chi connectivity index (χ4v) is 4.32. The number of aliphatic hydroxyl groups excluding tert-OH is 1. The molecule has 0 saturated carbocycles. The van der Waals surface area contributed by atoms with Crippen molar-refractivity contribution in [2.75, 3.05) is 32.5 Å². The Morgan fingerprint density at radius 2 is 1.94 bits per heavy atom. The number of likely N-dealkylation sites (N-methyl/N-ethyl adjacent to an activating group) is 1. The number of aliphatic hydroxyl groups is 1. The highest BCUT2D eigenvalue weighted by atomic mass is 32.2. The summed E-state index contributed by atoms with van der Waals surface area (Å²) in [6.45, 7) is 8.40. The number of imide groups is 1. The van der Waals surface area contributed by atoms with Crippen molar-refractivity contribution in [1.82, 2.24) is 20.9 Å². The number of amides is 5. The van der Waals surface area contributed by atoms with E-state index in [0.717, 1.165) is 0 Å². The summed E-state index contributed by atoms with van der Waals surface area (Å²) in [7, 11) is 1.62. The first-order chi connectivity index (χ1) is 15.4. The van der Waals surface area contributed by atoms with Crippen LogP contribution in [0.2, 0.25) is 0 Å². The Hall–Kier alpha value is -2.18. The molecule has 33 heavy (non-hydrogen) atoms. The van der Waals surface area contributed by atoms with Crippen LogP contribution in [0.3, 0.4) is 0 Å². The van der Waals surface area contributed by atoms with Crippen LogP contribution < -0.4 is 21.7 Å². The Balaban J connectivity index is 0.000000728. The van der Waals surface area contributed by atoms with Gasteiger partial charge in [0.2, 0.25) is 30.0 Å². The average molecular weight is 490 g/mol. The van der Waals surface area contributed by atoms with E-state index in [1.165, 1.54) is 16.7 Å². The van der Waals surface area contributed by atoms with E-state index in [1.807, 2.05) is 13.8 Å². The number of nitrogens with one attached hydrogen (secondary N) is 3. The highest BCUT2D eigenvalue weighted by Crippen LogP contribution is 2.32. The van der Waals surface area contributed by atoms with Crippen molar-refractivity contribution in [3.05, 3.63) is 0 Å². The number of hydrogen-bond donors (Lipinski definition) is 5. The molecule has 190 valence electrons. The number of nitrogens with two attached hydrogens (primary N) is 1. The van der Waals surface area contributed by atoms with Gasteiger partial charge in [-0.05, 0) is 33.2 Å². The van der Waals surface area contributed by atoms with Gasteiger partial charge in [-0.25, -0.2) is 0 Å². The van der Waals surface area contributed by atoms with Crippen LogP contribution in [0, 0.1) is 5.92 Å². The minimum atomic E-state index is -0.704. The Morgan fingerprint density at radius 1 is 1.30 bits per heavy atom. The second-order valence-electron chi connectivity index (χ2n) is 8.64. The molecule has 0 spiro atoms. The molecule has 0 bridgehead atoms. The Labute approximate surface area is 200 Å². The van der Waals surface area contributed by atoms with E-state index in [2.05, 4.69) is 16.0 Å². The molecule has 1 aliphatic rings. The number of hydrogen-bond acceptors (Lipinski definition) is 8. The zero-order valence-corrected chi connectivity index (χ0v) is 21.0. The van der Waals surface area contributed by atoms with Crippen molar-refractivity contribution in [2.45, 2.75) is 63.8 Å². The maximum Gasteiger partial charge on any atom is 0.243 e. The van der Waals surface area contributed by atoms with E-state index in [1.54, 1.807) is 20.9 Å². The molecule has 12 heteroatoms. The normalized spacial score (nSPS) is 16.8. The molecule has 1 rings (SSSR count). The van der Waals surface area contributed by atoms with Crippen LogP contribution in [0.4, 0.5) is 0 Å². The van der Waals surface area contributed by atoms with Gasteiger partial charge < -0.3 is 26.8 Å². The minimum absolute atomic E-state index is 0.0395. The predicted octanol–water partition coefficient (Wildman–Crippen LogP) is -1.02. The molecule has 2 atom stereocenters. The van der Waals surface area contributed by atoms with E-state index in [9.17, 15) is 24.0 Å². The Kier molecular flexibility index (Phi) is 14.6. The summed E-state index contributed by atoms with van der Waals surface area (Å²) in [5, 5.41) is 16.5. The van der Waals surface area contributed by atoms with E-state index in [4.69, 9.17) is 10.8 Å². The SMILES string of the molecule is CC(C)CC(=O)NCCNC=O.CNC(CSC1CC(=O)N(C(C)(C)CCO)C1=O)C(N)=O. The molecule has 1 fully saturated rings. The van der Waals surface area contributed by atoms with Crippen LogP contribution in [0.15, 0.2) is 0 Å². The van der Waals surface area contributed by atoms with E-state index in [-0.39, 0.29) is 30.7 Å². The maximum atomic E-state index is 12.4. The summed E-state index contributed by atoms with van der Waals surface area (Å²) in [6, 6.07) is -0.530. The van der Waals surface area contributed by atoms with Crippen LogP contribution >= 0.6 is 11.8 Å². The largest absolute Gasteiger partial charge is 0.396 e. The lowest BCUT2D eigenvalue weighted by atomic mass is 9.99. The van der Waals surface area contributed by atoms with Gasteiger partial charge in [-0.3, -0.25) is 28.9 Å². The molecule has 11 nitrogen and oxygen atoms in total. The van der Waals surface area contributed by atoms with Crippen molar-refractivity contribution >= 4 is 41.8 Å². The van der Waals surface area contributed by atoms with Gasteiger partial charge >= 0.3 is 0 Å². The smallest absolute Gasteiger partial charge is 0.243 e. The fraction of sp³-hybridized carbons (Fsp3) is 0.762. The zero-order valence-electron chi connectivity index (χ0n) is 20.2. The molecule has 0 aromatic heterocycles. The van der Waals surface area contributed by atoms with Crippen molar-refractivity contribution in [3.63, 3.8) is 0 Å². The van der Waals surface area contributed by atoms with E-state index in [0.29, 0.717) is 44.0 Å². The summed E-state index contributed by atoms with van der Waals surface area (Å²) in [4.78, 5) is 57.6. The third kappa shape index (κ3) is 11.5. The highest BCUT2D eigenvalue weighted by molar-refractivity contribution is 8.00. The molecule has 1 aliphatic heterocycles. The molecule has 2 unspecified atom stereocenters. The first-order valence-corrected chi connectivity index (χ1v) is 12.0. The summed E-state index contributed by atoms with van der Waals surface area (Å²) in [5.41, 5.74) is 4.52. The Bertz CT molecular complexity index is 674. The second-order valence-corrected chi connectivity index (χ2v) is 9.88. The van der Waals surface area contributed by atoms with Gasteiger partial charge in [-0.2, -0.15) is 0 Å². The van der Waals surface area contributed by atoms with Gasteiger partial charge in [-0.1, -0.05) is 13.8 Å². The van der Waals surface area contributed by atoms with Gasteiger partial charge in [0, 0.05) is 43.8 Å². The first kappa shape index (κ1) is 30.8. The number of thioether (sulfide) groups is 1. The molecule has 1 saturated heterocycles. The molecule has 0 aromatic rings. The topological polar surface area (TPSA) is 171 Å². The lowest BCUT2D eigenvalue weighted by Gasteiger charge is -2.33. The van der Waals surface area contributed by atoms with Gasteiger partial charge in [0.25, 0.3) is 0 Å². The van der Waals surface area contributed by atoms with Crippen LogP contribution in [0.25, 0.3) is 0 Å². The predicted molar refractivity (Wildman–Crippen MR) is 127 cm³/mol. The maximum absolute atomic E-state index is 12.4. The third-order valence-electron chi connectivity index (χ3n) is 4.86. The van der Waals surface area contributed by atoms with Gasteiger partial charge in [0.1, 0.15) is 0 Å². The summed E-state index contributed by atoms with van der Waals surface area (Å²) in [5.74, 6) is -0.233. The molecule has 6 N–H and O–H groups in total. The van der Waals surface area contributed by atoms with Crippen molar-refractivity contribution in [1.29, 1.82) is 0 Å². The van der Waals surface area contributed by atoms with Crippen molar-refractivity contribution in [3.8, 4) is 0 Å². The van der Waals surface area contributed by atoms with Gasteiger partial charge in [0.15, 0.2) is 0 Å². The highest BCUT2D eigenvalue weighted by Gasteiger charge is 2.46. The summed E-state index contributed by atoms with van der Waals surface area (Å²) < 4.78 is 0. The molecule has 0 aliphatic carbocycles. The summed E-state index contributed by atoms with van der Waals surface area (Å²) in [6.07, 6.45) is 1.62.